The van der Waals surface area contributed by atoms with Gasteiger partial charge in [-0.3, -0.25) is 0 Å². The van der Waals surface area contributed by atoms with Crippen LogP contribution >= 0.6 is 0 Å². The van der Waals surface area contributed by atoms with Crippen LogP contribution in [-0.2, 0) is 0 Å². The van der Waals surface area contributed by atoms with Gasteiger partial charge in [-0.2, -0.15) is 0 Å². The van der Waals surface area contributed by atoms with E-state index < -0.39 is 6.10 Å². The van der Waals surface area contributed by atoms with Gasteiger partial charge in [0.1, 0.15) is 5.58 Å². The Labute approximate surface area is 89.5 Å². The molecule has 2 aromatic rings. The lowest BCUT2D eigenvalue weighted by Crippen LogP contribution is -2.17. The second-order valence-corrected chi connectivity index (χ2v) is 4.96. The predicted molar refractivity (Wildman–Crippen MR) is 60.6 cm³/mol. The molecule has 1 atom stereocenters. The van der Waals surface area contributed by atoms with Gasteiger partial charge in [-0.25, -0.2) is 0 Å². The predicted octanol–water partition coefficient (Wildman–Crippen LogP) is 3.51. The third kappa shape index (κ3) is 1.77. The maximum absolute atomic E-state index is 10.2. The Morgan fingerprint density at radius 2 is 1.87 bits per heavy atom. The Morgan fingerprint density at radius 1 is 1.20 bits per heavy atom. The number of hydrogen-bond donors (Lipinski definition) is 1. The van der Waals surface area contributed by atoms with E-state index >= 15 is 0 Å². The van der Waals surface area contributed by atoms with Crippen molar-refractivity contribution in [2.75, 3.05) is 0 Å². The van der Waals surface area contributed by atoms with Gasteiger partial charge in [-0.05, 0) is 11.5 Å². The highest BCUT2D eigenvalue weighted by atomic mass is 16.3. The van der Waals surface area contributed by atoms with Crippen molar-refractivity contribution in [2.24, 2.45) is 5.41 Å². The fourth-order valence-corrected chi connectivity index (χ4v) is 1.68. The molecule has 15 heavy (non-hydrogen) atoms. The summed E-state index contributed by atoms with van der Waals surface area (Å²) in [5.41, 5.74) is 1.53. The van der Waals surface area contributed by atoms with Crippen molar-refractivity contribution in [1.82, 2.24) is 0 Å². The SMILES string of the molecule is CC(C)(C)C(O)c1coc2ccccc12. The number of para-hydroxylation sites is 1. The molecule has 1 aromatic carbocycles. The standard InChI is InChI=1S/C13H16O2/c1-13(2,3)12(14)10-8-15-11-7-5-4-6-9(10)11/h4-8,12,14H,1-3H3. The summed E-state index contributed by atoms with van der Waals surface area (Å²) in [6.45, 7) is 6.04. The molecular weight excluding hydrogens is 188 g/mol. The highest BCUT2D eigenvalue weighted by Gasteiger charge is 2.26. The van der Waals surface area contributed by atoms with Gasteiger partial charge in [0.2, 0.25) is 0 Å². The lowest BCUT2D eigenvalue weighted by molar-refractivity contribution is 0.0632. The molecule has 0 spiro atoms. The molecule has 2 rings (SSSR count). The summed E-state index contributed by atoms with van der Waals surface area (Å²) in [4.78, 5) is 0. The van der Waals surface area contributed by atoms with Crippen molar-refractivity contribution in [3.05, 3.63) is 36.1 Å². The third-order valence-electron chi connectivity index (χ3n) is 2.63. The van der Waals surface area contributed by atoms with Crippen LogP contribution in [0, 0.1) is 5.41 Å². The molecule has 80 valence electrons. The normalized spacial score (nSPS) is 14.4. The van der Waals surface area contributed by atoms with E-state index in [2.05, 4.69) is 0 Å². The summed E-state index contributed by atoms with van der Waals surface area (Å²) in [7, 11) is 0. The fraction of sp³-hybridized carbons (Fsp3) is 0.385. The van der Waals surface area contributed by atoms with Gasteiger partial charge < -0.3 is 9.52 Å². The van der Waals surface area contributed by atoms with Crippen LogP contribution in [0.5, 0.6) is 0 Å². The first kappa shape index (κ1) is 10.2. The topological polar surface area (TPSA) is 33.4 Å². The minimum Gasteiger partial charge on any atom is -0.464 e. The molecule has 0 aliphatic rings. The monoisotopic (exact) mass is 204 g/mol. The van der Waals surface area contributed by atoms with Crippen LogP contribution in [0.15, 0.2) is 34.9 Å². The maximum Gasteiger partial charge on any atom is 0.134 e. The Bertz CT molecular complexity index is 463. The van der Waals surface area contributed by atoms with Gasteiger partial charge >= 0.3 is 0 Å². The summed E-state index contributed by atoms with van der Waals surface area (Å²) in [5, 5.41) is 11.2. The lowest BCUT2D eigenvalue weighted by Gasteiger charge is -2.25. The molecule has 1 unspecified atom stereocenters. The Kier molecular flexibility index (Phi) is 2.31. The second-order valence-electron chi connectivity index (χ2n) is 4.96. The Morgan fingerprint density at radius 3 is 2.53 bits per heavy atom. The van der Waals surface area contributed by atoms with E-state index in [1.807, 2.05) is 45.0 Å². The van der Waals surface area contributed by atoms with Crippen LogP contribution in [0.4, 0.5) is 0 Å². The second kappa shape index (κ2) is 3.38. The number of furan rings is 1. The van der Waals surface area contributed by atoms with Crippen molar-refractivity contribution in [3.63, 3.8) is 0 Å². The van der Waals surface area contributed by atoms with Gasteiger partial charge in [0.25, 0.3) is 0 Å². The van der Waals surface area contributed by atoms with Crippen molar-refractivity contribution in [1.29, 1.82) is 0 Å². The van der Waals surface area contributed by atoms with E-state index in [0.717, 1.165) is 16.5 Å². The fourth-order valence-electron chi connectivity index (χ4n) is 1.68. The summed E-state index contributed by atoms with van der Waals surface area (Å²) in [5.74, 6) is 0. The molecule has 1 heterocycles. The average molecular weight is 204 g/mol. The molecule has 0 fully saturated rings. The first-order valence-corrected chi connectivity index (χ1v) is 5.14. The number of benzene rings is 1. The Balaban J connectivity index is 2.53. The van der Waals surface area contributed by atoms with Gasteiger partial charge in [0.05, 0.1) is 12.4 Å². The molecule has 0 aliphatic heterocycles. The molecule has 0 amide bonds. The largest absolute Gasteiger partial charge is 0.464 e. The Hall–Kier alpha value is -1.28. The molecule has 0 radical (unpaired) electrons. The highest BCUT2D eigenvalue weighted by molar-refractivity contribution is 5.81. The lowest BCUT2D eigenvalue weighted by atomic mass is 9.85. The minimum absolute atomic E-state index is 0.174. The van der Waals surface area contributed by atoms with Crippen molar-refractivity contribution < 1.29 is 9.52 Å². The van der Waals surface area contributed by atoms with E-state index in [9.17, 15) is 5.11 Å². The zero-order valence-electron chi connectivity index (χ0n) is 9.32. The molecule has 0 saturated carbocycles. The van der Waals surface area contributed by atoms with E-state index in [-0.39, 0.29) is 5.41 Å². The average Bonchev–Trinajstić information content (AvgIpc) is 2.58. The van der Waals surface area contributed by atoms with Crippen molar-refractivity contribution in [2.45, 2.75) is 26.9 Å². The molecule has 0 aliphatic carbocycles. The highest BCUT2D eigenvalue weighted by Crippen LogP contribution is 2.36. The van der Waals surface area contributed by atoms with E-state index in [0.29, 0.717) is 0 Å². The van der Waals surface area contributed by atoms with Gasteiger partial charge in [-0.15, -0.1) is 0 Å². The number of hydrogen-bond acceptors (Lipinski definition) is 2. The molecular formula is C13H16O2. The zero-order valence-corrected chi connectivity index (χ0v) is 9.32. The molecule has 2 heteroatoms. The maximum atomic E-state index is 10.2. The zero-order chi connectivity index (χ0) is 11.1. The summed E-state index contributed by atoms with van der Waals surface area (Å²) >= 11 is 0. The van der Waals surface area contributed by atoms with Crippen molar-refractivity contribution in [3.8, 4) is 0 Å². The van der Waals surface area contributed by atoms with Crippen LogP contribution in [-0.4, -0.2) is 5.11 Å². The number of aliphatic hydroxyl groups is 1. The third-order valence-corrected chi connectivity index (χ3v) is 2.63. The van der Waals surface area contributed by atoms with E-state index in [1.54, 1.807) is 6.26 Å². The molecule has 0 bridgehead atoms. The number of rotatable bonds is 1. The van der Waals surface area contributed by atoms with E-state index in [4.69, 9.17) is 4.42 Å². The molecule has 1 N–H and O–H groups in total. The molecule has 2 nitrogen and oxygen atoms in total. The summed E-state index contributed by atoms with van der Waals surface area (Å²) in [6.07, 6.45) is 1.15. The van der Waals surface area contributed by atoms with E-state index in [1.165, 1.54) is 0 Å². The first-order valence-electron chi connectivity index (χ1n) is 5.14. The smallest absolute Gasteiger partial charge is 0.134 e. The first-order chi connectivity index (χ1) is 7.00. The van der Waals surface area contributed by atoms with Gasteiger partial charge in [0.15, 0.2) is 0 Å². The van der Waals surface area contributed by atoms with Crippen molar-refractivity contribution >= 4 is 11.0 Å². The van der Waals surface area contributed by atoms with Crippen LogP contribution in [0.1, 0.15) is 32.4 Å². The summed E-state index contributed by atoms with van der Waals surface area (Å²) < 4.78 is 5.41. The number of aliphatic hydroxyl groups excluding tert-OH is 1. The molecule has 0 saturated heterocycles. The quantitative estimate of drug-likeness (QED) is 0.771. The van der Waals surface area contributed by atoms with Crippen LogP contribution in [0.3, 0.4) is 0 Å². The van der Waals surface area contributed by atoms with Gasteiger partial charge in [0, 0.05) is 10.9 Å². The minimum atomic E-state index is -0.499. The number of fused-ring (bicyclic) bond motifs is 1. The van der Waals surface area contributed by atoms with Crippen LogP contribution in [0.2, 0.25) is 0 Å². The summed E-state index contributed by atoms with van der Waals surface area (Å²) in [6, 6.07) is 7.77. The molecule has 1 aromatic heterocycles. The van der Waals surface area contributed by atoms with Gasteiger partial charge in [-0.1, -0.05) is 39.0 Å². The van der Waals surface area contributed by atoms with Crippen LogP contribution < -0.4 is 0 Å². The van der Waals surface area contributed by atoms with Crippen LogP contribution in [0.25, 0.3) is 11.0 Å².